The molecule has 2 rings (SSSR count). The molecule has 0 amide bonds. The van der Waals surface area contributed by atoms with Crippen LogP contribution < -0.4 is 0 Å². The predicted molar refractivity (Wildman–Crippen MR) is 56.1 cm³/mol. The fraction of sp³-hybridized carbons (Fsp3) is 0. The van der Waals surface area contributed by atoms with Gasteiger partial charge in [0.2, 0.25) is 0 Å². The Labute approximate surface area is 86.8 Å². The lowest BCUT2D eigenvalue weighted by molar-refractivity contribution is 0.102. The summed E-state index contributed by atoms with van der Waals surface area (Å²) >= 11 is 0. The third-order valence-corrected chi connectivity index (χ3v) is 2.18. The van der Waals surface area contributed by atoms with Crippen LogP contribution in [-0.4, -0.2) is 17.1 Å². The van der Waals surface area contributed by atoms with E-state index in [-0.39, 0.29) is 5.78 Å². The van der Waals surface area contributed by atoms with Crippen molar-refractivity contribution in [3.63, 3.8) is 0 Å². The van der Waals surface area contributed by atoms with E-state index in [1.165, 1.54) is 0 Å². The Balaban J connectivity index is 2.41. The summed E-state index contributed by atoms with van der Waals surface area (Å²) in [5.41, 5.74) is 1.32. The highest BCUT2D eigenvalue weighted by Gasteiger charge is 2.13. The summed E-state index contributed by atoms with van der Waals surface area (Å²) in [4.78, 5) is 25.3. The maximum atomic E-state index is 11.9. The number of carbonyl (C=O) groups excluding carboxylic acids is 2. The molecule has 1 N–H and O–H groups in total. The fourth-order valence-corrected chi connectivity index (χ4v) is 1.42. The highest BCUT2D eigenvalue weighted by molar-refractivity contribution is 6.12. The van der Waals surface area contributed by atoms with Crippen molar-refractivity contribution in [1.29, 1.82) is 0 Å². The van der Waals surface area contributed by atoms with Gasteiger partial charge in [-0.25, -0.2) is 0 Å². The van der Waals surface area contributed by atoms with Gasteiger partial charge < -0.3 is 4.98 Å². The molecule has 1 aromatic carbocycles. The largest absolute Gasteiger partial charge is 0.358 e. The minimum atomic E-state index is -0.140. The zero-order valence-electron chi connectivity index (χ0n) is 7.94. The summed E-state index contributed by atoms with van der Waals surface area (Å²) in [5, 5.41) is 0. The quantitative estimate of drug-likeness (QED) is 0.607. The van der Waals surface area contributed by atoms with Crippen molar-refractivity contribution in [3.8, 4) is 0 Å². The smallest absolute Gasteiger partial charge is 0.195 e. The molecule has 15 heavy (non-hydrogen) atoms. The Morgan fingerprint density at radius 1 is 1.13 bits per heavy atom. The van der Waals surface area contributed by atoms with E-state index in [9.17, 15) is 9.59 Å². The summed E-state index contributed by atoms with van der Waals surface area (Å²) < 4.78 is 0. The van der Waals surface area contributed by atoms with Crippen molar-refractivity contribution in [2.45, 2.75) is 0 Å². The molecule has 1 heterocycles. The van der Waals surface area contributed by atoms with E-state index in [0.29, 0.717) is 23.1 Å². The summed E-state index contributed by atoms with van der Waals surface area (Å²) in [5.74, 6) is -0.140. The van der Waals surface area contributed by atoms with Gasteiger partial charge in [-0.15, -0.1) is 0 Å². The van der Waals surface area contributed by atoms with E-state index in [2.05, 4.69) is 4.98 Å². The molecular formula is C12H9NO2. The van der Waals surface area contributed by atoms with Crippen LogP contribution in [-0.2, 0) is 0 Å². The van der Waals surface area contributed by atoms with Crippen molar-refractivity contribution >= 4 is 12.1 Å². The lowest BCUT2D eigenvalue weighted by Gasteiger charge is -1.98. The number of rotatable bonds is 3. The van der Waals surface area contributed by atoms with Gasteiger partial charge in [0.25, 0.3) is 0 Å². The minimum absolute atomic E-state index is 0.140. The van der Waals surface area contributed by atoms with E-state index >= 15 is 0 Å². The average molecular weight is 199 g/mol. The zero-order chi connectivity index (χ0) is 10.7. The highest BCUT2D eigenvalue weighted by Crippen LogP contribution is 2.11. The Bertz CT molecular complexity index is 485. The van der Waals surface area contributed by atoms with Gasteiger partial charge in [0.15, 0.2) is 12.1 Å². The lowest BCUT2D eigenvalue weighted by atomic mass is 10.0. The van der Waals surface area contributed by atoms with Crippen LogP contribution in [0.5, 0.6) is 0 Å². The van der Waals surface area contributed by atoms with Gasteiger partial charge >= 0.3 is 0 Å². The van der Waals surface area contributed by atoms with Gasteiger partial charge in [-0.05, 0) is 6.07 Å². The number of aromatic amines is 1. The Morgan fingerprint density at radius 3 is 2.53 bits per heavy atom. The topological polar surface area (TPSA) is 49.9 Å². The monoisotopic (exact) mass is 199 g/mol. The van der Waals surface area contributed by atoms with Crippen molar-refractivity contribution in [2.24, 2.45) is 0 Å². The molecule has 0 aliphatic carbocycles. The van der Waals surface area contributed by atoms with Crippen LogP contribution in [0.25, 0.3) is 0 Å². The molecule has 1 aromatic heterocycles. The molecule has 0 atom stereocenters. The van der Waals surface area contributed by atoms with Crippen molar-refractivity contribution in [1.82, 2.24) is 4.98 Å². The second-order valence-corrected chi connectivity index (χ2v) is 3.12. The Hall–Kier alpha value is -2.16. The number of hydrogen-bond donors (Lipinski definition) is 1. The average Bonchev–Trinajstić information content (AvgIpc) is 2.77. The molecule has 2 aromatic rings. The Kier molecular flexibility index (Phi) is 2.46. The van der Waals surface area contributed by atoms with Gasteiger partial charge in [0.05, 0.1) is 11.3 Å². The SMILES string of the molecule is O=Cc1[nH]ccc1C(=O)c1ccccc1. The summed E-state index contributed by atoms with van der Waals surface area (Å²) in [6.07, 6.45) is 2.23. The lowest BCUT2D eigenvalue weighted by Crippen LogP contribution is -2.02. The van der Waals surface area contributed by atoms with Crippen LogP contribution in [0, 0.1) is 0 Å². The number of aldehydes is 1. The van der Waals surface area contributed by atoms with Crippen LogP contribution in [0.3, 0.4) is 0 Å². The van der Waals surface area contributed by atoms with Crippen LogP contribution in [0.4, 0.5) is 0 Å². The number of H-pyrrole nitrogens is 1. The number of hydrogen-bond acceptors (Lipinski definition) is 2. The highest BCUT2D eigenvalue weighted by atomic mass is 16.1. The third kappa shape index (κ3) is 1.72. The molecule has 0 saturated carbocycles. The van der Waals surface area contributed by atoms with E-state index < -0.39 is 0 Å². The van der Waals surface area contributed by atoms with E-state index in [0.717, 1.165) is 0 Å². The summed E-state index contributed by atoms with van der Waals surface area (Å²) in [7, 11) is 0. The second kappa shape index (κ2) is 3.92. The molecule has 0 spiro atoms. The number of nitrogens with one attached hydrogen (secondary N) is 1. The maximum absolute atomic E-state index is 11.9. The molecule has 74 valence electrons. The van der Waals surface area contributed by atoms with Gasteiger partial charge in [-0.1, -0.05) is 30.3 Å². The van der Waals surface area contributed by atoms with E-state index in [4.69, 9.17) is 0 Å². The number of aromatic nitrogens is 1. The second-order valence-electron chi connectivity index (χ2n) is 3.12. The molecule has 3 nitrogen and oxygen atoms in total. The first-order valence-electron chi connectivity index (χ1n) is 4.55. The first-order valence-corrected chi connectivity index (χ1v) is 4.55. The van der Waals surface area contributed by atoms with Gasteiger partial charge in [-0.2, -0.15) is 0 Å². The fourth-order valence-electron chi connectivity index (χ4n) is 1.42. The number of ketones is 1. The first kappa shape index (κ1) is 9.40. The molecule has 0 unspecified atom stereocenters. The Morgan fingerprint density at radius 2 is 1.87 bits per heavy atom. The molecule has 0 radical (unpaired) electrons. The molecule has 0 bridgehead atoms. The van der Waals surface area contributed by atoms with Crippen LogP contribution in [0.15, 0.2) is 42.6 Å². The summed E-state index contributed by atoms with van der Waals surface area (Å²) in [6, 6.07) is 10.5. The summed E-state index contributed by atoms with van der Waals surface area (Å²) in [6.45, 7) is 0. The van der Waals surface area contributed by atoms with Crippen molar-refractivity contribution in [3.05, 3.63) is 59.4 Å². The zero-order valence-corrected chi connectivity index (χ0v) is 7.94. The first-order chi connectivity index (χ1) is 7.33. The molecule has 0 aliphatic heterocycles. The molecule has 0 aliphatic rings. The molecular weight excluding hydrogens is 190 g/mol. The van der Waals surface area contributed by atoms with Gasteiger partial charge in [0.1, 0.15) is 0 Å². The third-order valence-electron chi connectivity index (χ3n) is 2.18. The number of carbonyl (C=O) groups is 2. The van der Waals surface area contributed by atoms with Gasteiger partial charge in [-0.3, -0.25) is 9.59 Å². The molecule has 0 fully saturated rings. The van der Waals surface area contributed by atoms with Crippen LogP contribution in [0.1, 0.15) is 26.4 Å². The van der Waals surface area contributed by atoms with Crippen molar-refractivity contribution < 1.29 is 9.59 Å². The minimum Gasteiger partial charge on any atom is -0.358 e. The van der Waals surface area contributed by atoms with Crippen LogP contribution in [0.2, 0.25) is 0 Å². The van der Waals surface area contributed by atoms with Gasteiger partial charge in [0, 0.05) is 11.8 Å². The predicted octanol–water partition coefficient (Wildman–Crippen LogP) is 2.06. The molecule has 3 heteroatoms. The van der Waals surface area contributed by atoms with E-state index in [1.54, 1.807) is 36.5 Å². The molecule has 0 saturated heterocycles. The maximum Gasteiger partial charge on any atom is 0.195 e. The standard InChI is InChI=1S/C12H9NO2/c14-8-11-10(6-7-13-11)12(15)9-4-2-1-3-5-9/h1-8,13H. The van der Waals surface area contributed by atoms with E-state index in [1.807, 2.05) is 6.07 Å². The normalized spacial score (nSPS) is 9.87. The van der Waals surface area contributed by atoms with Crippen molar-refractivity contribution in [2.75, 3.05) is 0 Å². The number of benzene rings is 1. The van der Waals surface area contributed by atoms with Crippen LogP contribution >= 0.6 is 0 Å².